The van der Waals surface area contributed by atoms with Crippen molar-refractivity contribution in [2.75, 3.05) is 38.1 Å². The summed E-state index contributed by atoms with van der Waals surface area (Å²) in [6.07, 6.45) is 3.53. The molecule has 1 fully saturated rings. The lowest BCUT2D eigenvalue weighted by molar-refractivity contribution is -0.135. The van der Waals surface area contributed by atoms with E-state index in [-0.39, 0.29) is 11.9 Å². The fourth-order valence-electron chi connectivity index (χ4n) is 3.17. The van der Waals surface area contributed by atoms with Crippen LogP contribution in [0.4, 0.5) is 5.95 Å². The van der Waals surface area contributed by atoms with Crippen molar-refractivity contribution in [2.45, 2.75) is 19.5 Å². The Morgan fingerprint density at radius 1 is 1.08 bits per heavy atom. The quantitative estimate of drug-likeness (QED) is 0.829. The Bertz CT molecular complexity index is 671. The van der Waals surface area contributed by atoms with Crippen LogP contribution in [0.5, 0.6) is 0 Å². The van der Waals surface area contributed by atoms with Crippen LogP contribution in [-0.4, -0.2) is 64.9 Å². The third-order valence-electron chi connectivity index (χ3n) is 4.69. The molecule has 1 aliphatic rings. The maximum absolute atomic E-state index is 12.7. The first-order valence-corrected chi connectivity index (χ1v) is 8.70. The van der Waals surface area contributed by atoms with Gasteiger partial charge in [-0.05, 0) is 18.6 Å². The zero-order valence-corrected chi connectivity index (χ0v) is 14.9. The highest BCUT2D eigenvalue weighted by atomic mass is 16.2. The SMILES string of the molecule is CC(C(=O)N(C)Cc1ccccc1)N1CCN(c2ncccn2)CC1. The van der Waals surface area contributed by atoms with Crippen LogP contribution in [0.3, 0.4) is 0 Å². The van der Waals surface area contributed by atoms with Gasteiger partial charge in [0, 0.05) is 52.2 Å². The maximum atomic E-state index is 12.7. The molecule has 0 aliphatic carbocycles. The Labute approximate surface area is 149 Å². The van der Waals surface area contributed by atoms with Crippen molar-refractivity contribution in [3.63, 3.8) is 0 Å². The predicted octanol–water partition coefficient (Wildman–Crippen LogP) is 1.65. The molecule has 0 bridgehead atoms. The fraction of sp³-hybridized carbons (Fsp3) is 0.421. The van der Waals surface area contributed by atoms with Gasteiger partial charge in [-0.2, -0.15) is 0 Å². The molecular weight excluding hydrogens is 314 g/mol. The number of carbonyl (C=O) groups is 1. The molecule has 6 nitrogen and oxygen atoms in total. The minimum Gasteiger partial charge on any atom is -0.340 e. The Kier molecular flexibility index (Phi) is 5.60. The smallest absolute Gasteiger partial charge is 0.239 e. The number of carbonyl (C=O) groups excluding carboxylic acids is 1. The molecule has 2 heterocycles. The number of nitrogens with zero attached hydrogens (tertiary/aromatic N) is 5. The number of rotatable bonds is 5. The lowest BCUT2D eigenvalue weighted by Gasteiger charge is -2.38. The summed E-state index contributed by atoms with van der Waals surface area (Å²) in [5.74, 6) is 0.926. The van der Waals surface area contributed by atoms with Crippen LogP contribution in [0, 0.1) is 0 Å². The van der Waals surface area contributed by atoms with Gasteiger partial charge in [0.2, 0.25) is 11.9 Å². The van der Waals surface area contributed by atoms with E-state index in [1.807, 2.05) is 55.3 Å². The summed E-state index contributed by atoms with van der Waals surface area (Å²) in [4.78, 5) is 27.6. The third kappa shape index (κ3) is 4.33. The Morgan fingerprint density at radius 2 is 1.72 bits per heavy atom. The predicted molar refractivity (Wildman–Crippen MR) is 98.2 cm³/mol. The molecule has 0 saturated carbocycles. The average molecular weight is 339 g/mol. The summed E-state index contributed by atoms with van der Waals surface area (Å²) in [7, 11) is 1.87. The highest BCUT2D eigenvalue weighted by Crippen LogP contribution is 2.13. The number of anilines is 1. The number of benzene rings is 1. The van der Waals surface area contributed by atoms with Crippen molar-refractivity contribution >= 4 is 11.9 Å². The lowest BCUT2D eigenvalue weighted by atomic mass is 10.1. The van der Waals surface area contributed by atoms with E-state index in [2.05, 4.69) is 19.8 Å². The van der Waals surface area contributed by atoms with E-state index < -0.39 is 0 Å². The highest BCUT2D eigenvalue weighted by Gasteiger charge is 2.28. The molecule has 1 aliphatic heterocycles. The van der Waals surface area contributed by atoms with Crippen molar-refractivity contribution in [3.05, 3.63) is 54.4 Å². The van der Waals surface area contributed by atoms with Gasteiger partial charge >= 0.3 is 0 Å². The summed E-state index contributed by atoms with van der Waals surface area (Å²) < 4.78 is 0. The second-order valence-corrected chi connectivity index (χ2v) is 6.43. The summed E-state index contributed by atoms with van der Waals surface area (Å²) in [5, 5.41) is 0. The van der Waals surface area contributed by atoms with Crippen LogP contribution in [-0.2, 0) is 11.3 Å². The molecule has 2 aromatic rings. The number of piperazine rings is 1. The number of likely N-dealkylation sites (N-methyl/N-ethyl adjacent to an activating group) is 1. The van der Waals surface area contributed by atoms with Crippen LogP contribution < -0.4 is 4.90 Å². The van der Waals surface area contributed by atoms with Crippen LogP contribution in [0.25, 0.3) is 0 Å². The van der Waals surface area contributed by atoms with E-state index in [4.69, 9.17) is 0 Å². The fourth-order valence-corrected chi connectivity index (χ4v) is 3.17. The summed E-state index contributed by atoms with van der Waals surface area (Å²) in [6.45, 7) is 5.99. The molecule has 1 atom stereocenters. The van der Waals surface area contributed by atoms with E-state index in [1.54, 1.807) is 12.4 Å². The van der Waals surface area contributed by atoms with Crippen molar-refractivity contribution in [3.8, 4) is 0 Å². The number of hydrogen-bond donors (Lipinski definition) is 0. The zero-order valence-electron chi connectivity index (χ0n) is 14.9. The van der Waals surface area contributed by atoms with Crippen LogP contribution in [0.15, 0.2) is 48.8 Å². The molecular formula is C19H25N5O. The summed E-state index contributed by atoms with van der Waals surface area (Å²) in [6, 6.07) is 11.8. The molecule has 1 aromatic carbocycles. The van der Waals surface area contributed by atoms with E-state index >= 15 is 0 Å². The van der Waals surface area contributed by atoms with E-state index in [0.717, 1.165) is 37.7 Å². The minimum atomic E-state index is -0.118. The first-order chi connectivity index (χ1) is 12.1. The molecule has 25 heavy (non-hydrogen) atoms. The molecule has 3 rings (SSSR count). The topological polar surface area (TPSA) is 52.6 Å². The normalized spacial score (nSPS) is 16.5. The van der Waals surface area contributed by atoms with Gasteiger partial charge in [0.1, 0.15) is 0 Å². The molecule has 132 valence electrons. The zero-order chi connectivity index (χ0) is 17.6. The van der Waals surface area contributed by atoms with Gasteiger partial charge in [-0.25, -0.2) is 9.97 Å². The third-order valence-corrected chi connectivity index (χ3v) is 4.69. The van der Waals surface area contributed by atoms with Crippen molar-refractivity contribution in [1.29, 1.82) is 0 Å². The Hall–Kier alpha value is -2.47. The van der Waals surface area contributed by atoms with Crippen molar-refractivity contribution in [1.82, 2.24) is 19.8 Å². The number of amides is 1. The first-order valence-electron chi connectivity index (χ1n) is 8.70. The van der Waals surface area contributed by atoms with Crippen molar-refractivity contribution < 1.29 is 4.79 Å². The van der Waals surface area contributed by atoms with Gasteiger partial charge in [-0.1, -0.05) is 30.3 Å². The van der Waals surface area contributed by atoms with Crippen LogP contribution >= 0.6 is 0 Å². The molecule has 1 unspecified atom stereocenters. The maximum Gasteiger partial charge on any atom is 0.239 e. The molecule has 6 heteroatoms. The van der Waals surface area contributed by atoms with Gasteiger partial charge in [0.05, 0.1) is 6.04 Å². The van der Waals surface area contributed by atoms with Gasteiger partial charge in [0.25, 0.3) is 0 Å². The van der Waals surface area contributed by atoms with E-state index in [0.29, 0.717) is 6.54 Å². The summed E-state index contributed by atoms with van der Waals surface area (Å²) in [5.41, 5.74) is 1.15. The average Bonchev–Trinajstić information content (AvgIpc) is 2.68. The monoisotopic (exact) mass is 339 g/mol. The highest BCUT2D eigenvalue weighted by molar-refractivity contribution is 5.81. The Balaban J connectivity index is 1.53. The number of hydrogen-bond acceptors (Lipinski definition) is 5. The van der Waals surface area contributed by atoms with Crippen LogP contribution in [0.2, 0.25) is 0 Å². The Morgan fingerprint density at radius 3 is 2.36 bits per heavy atom. The van der Waals surface area contributed by atoms with E-state index in [9.17, 15) is 4.79 Å². The van der Waals surface area contributed by atoms with Gasteiger partial charge in [0.15, 0.2) is 0 Å². The molecule has 0 radical (unpaired) electrons. The van der Waals surface area contributed by atoms with Gasteiger partial charge in [-0.3, -0.25) is 9.69 Å². The largest absolute Gasteiger partial charge is 0.340 e. The van der Waals surface area contributed by atoms with Crippen molar-refractivity contribution in [2.24, 2.45) is 0 Å². The molecule has 0 N–H and O–H groups in total. The van der Waals surface area contributed by atoms with Crippen LogP contribution in [0.1, 0.15) is 12.5 Å². The molecule has 1 saturated heterocycles. The minimum absolute atomic E-state index is 0.118. The molecule has 1 amide bonds. The molecule has 0 spiro atoms. The first kappa shape index (κ1) is 17.4. The molecule has 1 aromatic heterocycles. The second-order valence-electron chi connectivity index (χ2n) is 6.43. The summed E-state index contributed by atoms with van der Waals surface area (Å²) >= 11 is 0. The number of aromatic nitrogens is 2. The standard InChI is InChI=1S/C19H25N5O/c1-16(18(25)22(2)15-17-7-4-3-5-8-17)23-11-13-24(14-12-23)19-20-9-6-10-21-19/h3-10,16H,11-15H2,1-2H3. The van der Waals surface area contributed by atoms with Gasteiger partial charge < -0.3 is 9.80 Å². The van der Waals surface area contributed by atoms with Gasteiger partial charge in [-0.15, -0.1) is 0 Å². The van der Waals surface area contributed by atoms with E-state index in [1.165, 1.54) is 0 Å². The lowest BCUT2D eigenvalue weighted by Crippen LogP contribution is -2.54. The second kappa shape index (κ2) is 8.07.